The molecule has 0 saturated carbocycles. The summed E-state index contributed by atoms with van der Waals surface area (Å²) < 4.78 is 0. The van der Waals surface area contributed by atoms with Crippen molar-refractivity contribution in [2.75, 3.05) is 17.2 Å². The molecule has 2 rings (SSSR count). The maximum absolute atomic E-state index is 11.8. The number of aliphatic hydroxyl groups is 1. The second kappa shape index (κ2) is 4.04. The Hall–Kier alpha value is -1.55. The van der Waals surface area contributed by atoms with Crippen LogP contribution in [0.15, 0.2) is 6.07 Å². The van der Waals surface area contributed by atoms with E-state index in [-0.39, 0.29) is 12.3 Å². The SMILES string of the molecule is Cc1cc(C)c(N2CC(O)CC2=O)c(C)c1N. The van der Waals surface area contributed by atoms with E-state index < -0.39 is 6.10 Å². The third-order valence-corrected chi connectivity index (χ3v) is 3.37. The molecule has 4 nitrogen and oxygen atoms in total. The number of anilines is 2. The van der Waals surface area contributed by atoms with Crippen molar-refractivity contribution in [2.45, 2.75) is 33.3 Å². The average molecular weight is 234 g/mol. The molecule has 1 atom stereocenters. The molecule has 1 fully saturated rings. The highest BCUT2D eigenvalue weighted by Crippen LogP contribution is 2.34. The smallest absolute Gasteiger partial charge is 0.229 e. The van der Waals surface area contributed by atoms with Crippen molar-refractivity contribution >= 4 is 17.3 Å². The molecule has 1 heterocycles. The van der Waals surface area contributed by atoms with E-state index in [1.807, 2.05) is 26.8 Å². The van der Waals surface area contributed by atoms with Gasteiger partial charge in [0.2, 0.25) is 5.91 Å². The fourth-order valence-electron chi connectivity index (χ4n) is 2.51. The summed E-state index contributed by atoms with van der Waals surface area (Å²) in [5.41, 5.74) is 10.5. The Labute approximate surface area is 101 Å². The van der Waals surface area contributed by atoms with Gasteiger partial charge in [0, 0.05) is 5.69 Å². The summed E-state index contributed by atoms with van der Waals surface area (Å²) in [6.45, 7) is 6.21. The van der Waals surface area contributed by atoms with Crippen LogP contribution in [-0.4, -0.2) is 23.7 Å². The van der Waals surface area contributed by atoms with Gasteiger partial charge in [-0.15, -0.1) is 0 Å². The zero-order valence-electron chi connectivity index (χ0n) is 10.4. The lowest BCUT2D eigenvalue weighted by Crippen LogP contribution is -2.27. The highest BCUT2D eigenvalue weighted by molar-refractivity contribution is 5.98. The number of carbonyl (C=O) groups is 1. The Morgan fingerprint density at radius 1 is 1.35 bits per heavy atom. The number of carbonyl (C=O) groups excluding carboxylic acids is 1. The van der Waals surface area contributed by atoms with E-state index in [1.165, 1.54) is 0 Å². The molecule has 1 saturated heterocycles. The maximum atomic E-state index is 11.8. The van der Waals surface area contributed by atoms with E-state index in [1.54, 1.807) is 4.90 Å². The first kappa shape index (κ1) is 11.9. The number of amides is 1. The van der Waals surface area contributed by atoms with E-state index in [2.05, 4.69) is 0 Å². The van der Waals surface area contributed by atoms with Crippen molar-refractivity contribution in [3.63, 3.8) is 0 Å². The van der Waals surface area contributed by atoms with Gasteiger partial charge in [0.25, 0.3) is 0 Å². The first-order valence-corrected chi connectivity index (χ1v) is 5.76. The van der Waals surface area contributed by atoms with Crippen molar-refractivity contribution in [2.24, 2.45) is 0 Å². The molecular weight excluding hydrogens is 216 g/mol. The highest BCUT2D eigenvalue weighted by atomic mass is 16.3. The minimum Gasteiger partial charge on any atom is -0.398 e. The quantitative estimate of drug-likeness (QED) is 0.720. The van der Waals surface area contributed by atoms with Gasteiger partial charge in [0.15, 0.2) is 0 Å². The van der Waals surface area contributed by atoms with Crippen LogP contribution in [0.5, 0.6) is 0 Å². The molecule has 1 aromatic carbocycles. The van der Waals surface area contributed by atoms with E-state index in [9.17, 15) is 9.90 Å². The minimum atomic E-state index is -0.566. The predicted octanol–water partition coefficient (Wildman–Crippen LogP) is 1.29. The number of hydrogen-bond acceptors (Lipinski definition) is 3. The average Bonchev–Trinajstić information content (AvgIpc) is 2.55. The van der Waals surface area contributed by atoms with Crippen LogP contribution in [0.4, 0.5) is 11.4 Å². The van der Waals surface area contributed by atoms with Crippen LogP contribution in [0.2, 0.25) is 0 Å². The molecule has 1 aromatic rings. The van der Waals surface area contributed by atoms with Crippen LogP contribution in [0.3, 0.4) is 0 Å². The fraction of sp³-hybridized carbons (Fsp3) is 0.462. The number of aryl methyl sites for hydroxylation is 2. The van der Waals surface area contributed by atoms with Gasteiger partial charge in [-0.2, -0.15) is 0 Å². The predicted molar refractivity (Wildman–Crippen MR) is 68.0 cm³/mol. The second-order valence-corrected chi connectivity index (χ2v) is 4.76. The number of β-amino-alcohol motifs (C(OH)–C–C–N with tert-alkyl or cyclic N) is 1. The van der Waals surface area contributed by atoms with E-state index >= 15 is 0 Å². The molecule has 4 heteroatoms. The third kappa shape index (κ3) is 1.89. The molecule has 3 N–H and O–H groups in total. The van der Waals surface area contributed by atoms with Crippen LogP contribution < -0.4 is 10.6 Å². The van der Waals surface area contributed by atoms with Crippen molar-refractivity contribution in [3.8, 4) is 0 Å². The Kier molecular flexibility index (Phi) is 2.83. The standard InChI is InChI=1S/C13H18N2O2/c1-7-4-8(2)13(9(3)12(7)14)15-6-10(16)5-11(15)17/h4,10,16H,5-6,14H2,1-3H3. The highest BCUT2D eigenvalue weighted by Gasteiger charge is 2.31. The van der Waals surface area contributed by atoms with Gasteiger partial charge in [0.1, 0.15) is 0 Å². The summed E-state index contributed by atoms with van der Waals surface area (Å²) in [7, 11) is 0. The summed E-state index contributed by atoms with van der Waals surface area (Å²) >= 11 is 0. The molecule has 17 heavy (non-hydrogen) atoms. The Bertz CT molecular complexity index is 483. The third-order valence-electron chi connectivity index (χ3n) is 3.37. The van der Waals surface area contributed by atoms with Crippen molar-refractivity contribution in [1.82, 2.24) is 0 Å². The van der Waals surface area contributed by atoms with Gasteiger partial charge in [-0.1, -0.05) is 6.07 Å². The number of nitrogens with zero attached hydrogens (tertiary/aromatic N) is 1. The van der Waals surface area contributed by atoms with Crippen LogP contribution in [0.1, 0.15) is 23.1 Å². The van der Waals surface area contributed by atoms with Crippen LogP contribution in [0.25, 0.3) is 0 Å². The first-order chi connectivity index (χ1) is 7.91. The van der Waals surface area contributed by atoms with Gasteiger partial charge in [0.05, 0.1) is 24.8 Å². The Balaban J connectivity index is 2.53. The van der Waals surface area contributed by atoms with Gasteiger partial charge in [-0.3, -0.25) is 4.79 Å². The van der Waals surface area contributed by atoms with Gasteiger partial charge < -0.3 is 15.7 Å². The molecule has 92 valence electrons. The molecule has 1 unspecified atom stereocenters. The summed E-state index contributed by atoms with van der Waals surface area (Å²) in [5.74, 6) is -0.0352. The largest absolute Gasteiger partial charge is 0.398 e. The number of nitrogens with two attached hydrogens (primary N) is 1. The van der Waals surface area contributed by atoms with Gasteiger partial charge in [-0.25, -0.2) is 0 Å². The Morgan fingerprint density at radius 2 is 2.00 bits per heavy atom. The molecule has 0 spiro atoms. The summed E-state index contributed by atoms with van der Waals surface area (Å²) in [6, 6.07) is 1.98. The minimum absolute atomic E-state index is 0.0352. The van der Waals surface area contributed by atoms with Crippen molar-refractivity contribution in [3.05, 3.63) is 22.8 Å². The van der Waals surface area contributed by atoms with Gasteiger partial charge >= 0.3 is 0 Å². The molecular formula is C13H18N2O2. The lowest BCUT2D eigenvalue weighted by Gasteiger charge is -2.23. The molecule has 0 aliphatic carbocycles. The first-order valence-electron chi connectivity index (χ1n) is 5.76. The molecule has 0 bridgehead atoms. The van der Waals surface area contributed by atoms with E-state index in [0.29, 0.717) is 6.54 Å². The lowest BCUT2D eigenvalue weighted by atomic mass is 10.0. The normalized spacial score (nSPS) is 20.1. The summed E-state index contributed by atoms with van der Waals surface area (Å²) in [5, 5.41) is 9.54. The number of benzene rings is 1. The van der Waals surface area contributed by atoms with Crippen LogP contribution in [0, 0.1) is 20.8 Å². The molecule has 0 aromatic heterocycles. The van der Waals surface area contributed by atoms with Crippen LogP contribution >= 0.6 is 0 Å². The van der Waals surface area contributed by atoms with Crippen LogP contribution in [-0.2, 0) is 4.79 Å². The summed E-state index contributed by atoms with van der Waals surface area (Å²) in [6.07, 6.45) is -0.365. The summed E-state index contributed by atoms with van der Waals surface area (Å²) in [4.78, 5) is 13.5. The van der Waals surface area contributed by atoms with Gasteiger partial charge in [-0.05, 0) is 37.5 Å². The van der Waals surface area contributed by atoms with Crippen molar-refractivity contribution < 1.29 is 9.90 Å². The Morgan fingerprint density at radius 3 is 2.53 bits per heavy atom. The second-order valence-electron chi connectivity index (χ2n) is 4.76. The fourth-order valence-corrected chi connectivity index (χ4v) is 2.51. The monoisotopic (exact) mass is 234 g/mol. The van der Waals surface area contributed by atoms with Crippen molar-refractivity contribution in [1.29, 1.82) is 0 Å². The topological polar surface area (TPSA) is 66.6 Å². The number of aliphatic hydroxyl groups excluding tert-OH is 1. The van der Waals surface area contributed by atoms with E-state index in [4.69, 9.17) is 5.73 Å². The zero-order chi connectivity index (χ0) is 12.7. The maximum Gasteiger partial charge on any atom is 0.229 e. The lowest BCUT2D eigenvalue weighted by molar-refractivity contribution is -0.117. The molecule has 1 aliphatic rings. The number of hydrogen-bond donors (Lipinski definition) is 2. The number of rotatable bonds is 1. The molecule has 0 radical (unpaired) electrons. The zero-order valence-corrected chi connectivity index (χ0v) is 10.4. The molecule has 1 aliphatic heterocycles. The van der Waals surface area contributed by atoms with E-state index in [0.717, 1.165) is 28.1 Å². The molecule has 1 amide bonds. The number of nitrogen functional groups attached to an aromatic ring is 1.